The van der Waals surface area contributed by atoms with Crippen LogP contribution in [0.5, 0.6) is 5.88 Å². The summed E-state index contributed by atoms with van der Waals surface area (Å²) in [6.45, 7) is 4.37. The molecule has 0 aliphatic carbocycles. The van der Waals surface area contributed by atoms with Crippen LogP contribution in [-0.2, 0) is 4.79 Å². The molecule has 18 heavy (non-hydrogen) atoms. The monoisotopic (exact) mass is 251 g/mol. The molecule has 0 atom stereocenters. The first-order chi connectivity index (χ1) is 8.63. The van der Waals surface area contributed by atoms with Gasteiger partial charge in [0.1, 0.15) is 12.0 Å². The largest absolute Gasteiger partial charge is 0.479 e. The highest BCUT2D eigenvalue weighted by Gasteiger charge is 2.22. The van der Waals surface area contributed by atoms with Gasteiger partial charge in [-0.05, 0) is 0 Å². The molecule has 2 N–H and O–H groups in total. The van der Waals surface area contributed by atoms with E-state index in [0.717, 1.165) is 0 Å². The van der Waals surface area contributed by atoms with E-state index in [-0.39, 0.29) is 5.91 Å². The molecule has 1 aromatic heterocycles. The molecule has 7 nitrogen and oxygen atoms in total. The molecule has 1 amide bonds. The number of carbonyl (C=O) groups excluding carboxylic acids is 1. The van der Waals surface area contributed by atoms with Gasteiger partial charge in [0.2, 0.25) is 11.8 Å². The minimum Gasteiger partial charge on any atom is -0.479 e. The van der Waals surface area contributed by atoms with Gasteiger partial charge in [-0.15, -0.1) is 0 Å². The molecule has 2 heterocycles. The Kier molecular flexibility index (Phi) is 3.50. The summed E-state index contributed by atoms with van der Waals surface area (Å²) in [5.41, 5.74) is 6.39. The number of amides is 1. The summed E-state index contributed by atoms with van der Waals surface area (Å²) in [5.74, 6) is 1.15. The number of hydrogen-bond donors (Lipinski definition) is 1. The number of nitrogen functional groups attached to an aromatic ring is 1. The highest BCUT2D eigenvalue weighted by Crippen LogP contribution is 2.27. The Morgan fingerprint density at radius 1 is 1.33 bits per heavy atom. The zero-order valence-corrected chi connectivity index (χ0v) is 10.6. The first-order valence-electron chi connectivity index (χ1n) is 5.78. The number of carbonyl (C=O) groups is 1. The second kappa shape index (κ2) is 5.07. The molecule has 0 spiro atoms. The molecule has 98 valence electrons. The fourth-order valence-corrected chi connectivity index (χ4v) is 2.02. The minimum absolute atomic E-state index is 0.0999. The Labute approximate surface area is 106 Å². The minimum atomic E-state index is 0.0999. The summed E-state index contributed by atoms with van der Waals surface area (Å²) in [5, 5.41) is 0. The molecule has 0 unspecified atom stereocenters. The molecule has 1 aromatic rings. The third kappa shape index (κ3) is 2.29. The molecule has 0 radical (unpaired) electrons. The van der Waals surface area contributed by atoms with Gasteiger partial charge in [0.15, 0.2) is 5.82 Å². The maximum atomic E-state index is 11.2. The summed E-state index contributed by atoms with van der Waals surface area (Å²) in [4.78, 5) is 23.2. The van der Waals surface area contributed by atoms with Gasteiger partial charge in [-0.2, -0.15) is 4.98 Å². The molecule has 0 aromatic carbocycles. The normalized spacial score (nSPS) is 15.7. The number of hydrogen-bond acceptors (Lipinski definition) is 6. The van der Waals surface area contributed by atoms with E-state index in [1.54, 1.807) is 6.92 Å². The van der Waals surface area contributed by atoms with Crippen molar-refractivity contribution < 1.29 is 9.53 Å². The molecular formula is C11H17N5O2. The SMILES string of the molecule is COc1ncnc(N2CCN(C(C)=O)CC2)c1N. The topological polar surface area (TPSA) is 84.6 Å². The van der Waals surface area contributed by atoms with Gasteiger partial charge in [0, 0.05) is 33.1 Å². The van der Waals surface area contributed by atoms with Crippen LogP contribution in [0, 0.1) is 0 Å². The Hall–Kier alpha value is -2.05. The molecule has 0 bridgehead atoms. The van der Waals surface area contributed by atoms with E-state index in [1.807, 2.05) is 9.80 Å². The van der Waals surface area contributed by atoms with Crippen LogP contribution in [0.25, 0.3) is 0 Å². The Bertz CT molecular complexity index is 443. The van der Waals surface area contributed by atoms with Crippen LogP contribution in [0.1, 0.15) is 6.92 Å². The van der Waals surface area contributed by atoms with Crippen molar-refractivity contribution in [3.8, 4) is 5.88 Å². The average molecular weight is 251 g/mol. The quantitative estimate of drug-likeness (QED) is 0.779. The fraction of sp³-hybridized carbons (Fsp3) is 0.545. The average Bonchev–Trinajstić information content (AvgIpc) is 2.39. The standard InChI is InChI=1S/C11H17N5O2/c1-8(17)15-3-5-16(6-4-15)10-9(12)11(18-2)14-7-13-10/h7H,3-6,12H2,1-2H3. The fourth-order valence-electron chi connectivity index (χ4n) is 2.02. The van der Waals surface area contributed by atoms with Crippen molar-refractivity contribution in [3.63, 3.8) is 0 Å². The molecular weight excluding hydrogens is 234 g/mol. The number of nitrogens with two attached hydrogens (primary N) is 1. The summed E-state index contributed by atoms with van der Waals surface area (Å²) in [6, 6.07) is 0. The van der Waals surface area contributed by atoms with Crippen molar-refractivity contribution in [1.29, 1.82) is 0 Å². The maximum absolute atomic E-state index is 11.2. The van der Waals surface area contributed by atoms with Gasteiger partial charge in [-0.1, -0.05) is 0 Å². The van der Waals surface area contributed by atoms with Crippen LogP contribution >= 0.6 is 0 Å². The van der Waals surface area contributed by atoms with E-state index >= 15 is 0 Å². The lowest BCUT2D eigenvalue weighted by molar-refractivity contribution is -0.129. The zero-order chi connectivity index (χ0) is 13.1. The predicted molar refractivity (Wildman–Crippen MR) is 67.5 cm³/mol. The van der Waals surface area contributed by atoms with E-state index in [9.17, 15) is 4.79 Å². The number of piperazine rings is 1. The second-order valence-electron chi connectivity index (χ2n) is 4.11. The molecule has 1 aliphatic heterocycles. The van der Waals surface area contributed by atoms with Gasteiger partial charge in [0.05, 0.1) is 7.11 Å². The van der Waals surface area contributed by atoms with E-state index in [1.165, 1.54) is 13.4 Å². The number of anilines is 2. The van der Waals surface area contributed by atoms with Crippen molar-refractivity contribution in [2.75, 3.05) is 43.9 Å². The van der Waals surface area contributed by atoms with Gasteiger partial charge < -0.3 is 20.3 Å². The van der Waals surface area contributed by atoms with E-state index in [4.69, 9.17) is 10.5 Å². The summed E-state index contributed by atoms with van der Waals surface area (Å²) < 4.78 is 5.07. The number of rotatable bonds is 2. The lowest BCUT2D eigenvalue weighted by atomic mass is 10.3. The van der Waals surface area contributed by atoms with Crippen molar-refractivity contribution in [2.45, 2.75) is 6.92 Å². The van der Waals surface area contributed by atoms with E-state index in [0.29, 0.717) is 43.6 Å². The van der Waals surface area contributed by atoms with Crippen molar-refractivity contribution in [1.82, 2.24) is 14.9 Å². The van der Waals surface area contributed by atoms with Crippen LogP contribution in [0.2, 0.25) is 0 Å². The number of ether oxygens (including phenoxy) is 1. The maximum Gasteiger partial charge on any atom is 0.242 e. The zero-order valence-electron chi connectivity index (χ0n) is 10.6. The molecule has 7 heteroatoms. The highest BCUT2D eigenvalue weighted by molar-refractivity contribution is 5.74. The summed E-state index contributed by atoms with van der Waals surface area (Å²) >= 11 is 0. The Morgan fingerprint density at radius 2 is 2.00 bits per heavy atom. The molecule has 2 rings (SSSR count). The van der Waals surface area contributed by atoms with Crippen LogP contribution < -0.4 is 15.4 Å². The molecule has 1 fully saturated rings. The van der Waals surface area contributed by atoms with Gasteiger partial charge in [0.25, 0.3) is 0 Å². The number of methoxy groups -OCH3 is 1. The van der Waals surface area contributed by atoms with Crippen LogP contribution in [-0.4, -0.2) is 54.1 Å². The third-order valence-electron chi connectivity index (χ3n) is 3.04. The number of nitrogens with zero attached hydrogens (tertiary/aromatic N) is 4. The van der Waals surface area contributed by atoms with Crippen LogP contribution in [0.3, 0.4) is 0 Å². The van der Waals surface area contributed by atoms with Gasteiger partial charge in [-0.3, -0.25) is 4.79 Å². The van der Waals surface area contributed by atoms with Gasteiger partial charge >= 0.3 is 0 Å². The smallest absolute Gasteiger partial charge is 0.242 e. The van der Waals surface area contributed by atoms with Crippen LogP contribution in [0.4, 0.5) is 11.5 Å². The summed E-state index contributed by atoms with van der Waals surface area (Å²) in [7, 11) is 1.52. The summed E-state index contributed by atoms with van der Waals surface area (Å²) in [6.07, 6.45) is 1.43. The highest BCUT2D eigenvalue weighted by atomic mass is 16.5. The van der Waals surface area contributed by atoms with E-state index < -0.39 is 0 Å². The number of aromatic nitrogens is 2. The first-order valence-corrected chi connectivity index (χ1v) is 5.78. The predicted octanol–water partition coefficient (Wildman–Crippen LogP) is -0.264. The lowest BCUT2D eigenvalue weighted by Gasteiger charge is -2.35. The van der Waals surface area contributed by atoms with E-state index in [2.05, 4.69) is 9.97 Å². The van der Waals surface area contributed by atoms with Crippen molar-refractivity contribution in [2.24, 2.45) is 0 Å². The Morgan fingerprint density at radius 3 is 2.56 bits per heavy atom. The molecule has 0 saturated carbocycles. The lowest BCUT2D eigenvalue weighted by Crippen LogP contribution is -2.48. The second-order valence-corrected chi connectivity index (χ2v) is 4.11. The molecule has 1 saturated heterocycles. The first kappa shape index (κ1) is 12.4. The molecule has 1 aliphatic rings. The van der Waals surface area contributed by atoms with Crippen molar-refractivity contribution >= 4 is 17.4 Å². The van der Waals surface area contributed by atoms with Gasteiger partial charge in [-0.25, -0.2) is 4.98 Å². The van der Waals surface area contributed by atoms with Crippen LogP contribution in [0.15, 0.2) is 6.33 Å². The Balaban J connectivity index is 2.12. The third-order valence-corrected chi connectivity index (χ3v) is 3.04. The van der Waals surface area contributed by atoms with Crippen molar-refractivity contribution in [3.05, 3.63) is 6.33 Å².